The minimum Gasteiger partial charge on any atom is -0.383 e. The highest BCUT2D eigenvalue weighted by atomic mass is 19.4. The fraction of sp³-hybridized carbons (Fsp3) is 0.536. The monoisotopic (exact) mass is 523 g/mol. The summed E-state index contributed by atoms with van der Waals surface area (Å²) >= 11 is 0. The van der Waals surface area contributed by atoms with E-state index < -0.39 is 18.4 Å². The molecule has 0 spiro atoms. The number of carbonyl (C=O) groups is 1. The number of ether oxygens (including phenoxy) is 1. The average Bonchev–Trinajstić information content (AvgIpc) is 2.88. The molecule has 0 bridgehead atoms. The zero-order valence-corrected chi connectivity index (χ0v) is 21.7. The van der Waals surface area contributed by atoms with Crippen LogP contribution in [-0.4, -0.2) is 80.8 Å². The zero-order valence-electron chi connectivity index (χ0n) is 21.7. The van der Waals surface area contributed by atoms with E-state index in [0.29, 0.717) is 19.6 Å². The number of hydrogen-bond acceptors (Lipinski definition) is 4. The Labute approximate surface area is 217 Å². The van der Waals surface area contributed by atoms with Gasteiger partial charge in [-0.05, 0) is 48.2 Å². The predicted molar refractivity (Wildman–Crippen MR) is 136 cm³/mol. The normalized spacial score (nSPS) is 14.1. The number of amides is 1. The van der Waals surface area contributed by atoms with Crippen LogP contribution in [0.2, 0.25) is 0 Å². The Morgan fingerprint density at radius 1 is 1.05 bits per heavy atom. The van der Waals surface area contributed by atoms with Gasteiger partial charge in [0.25, 0.3) is 0 Å². The van der Waals surface area contributed by atoms with Gasteiger partial charge in [-0.1, -0.05) is 36.4 Å². The molecule has 1 heterocycles. The SMILES string of the molecule is COCCN1CCc2c(CCC(=O)N(CCN(C)CCF)Cc3ccccc3C(F)(F)F)cccc2C1. The number of alkyl halides is 4. The molecule has 0 radical (unpaired) electrons. The average molecular weight is 524 g/mol. The van der Waals surface area contributed by atoms with Crippen LogP contribution in [0.5, 0.6) is 0 Å². The second-order valence-electron chi connectivity index (χ2n) is 9.54. The Morgan fingerprint density at radius 3 is 2.54 bits per heavy atom. The van der Waals surface area contributed by atoms with Crippen molar-refractivity contribution in [1.82, 2.24) is 14.7 Å². The third kappa shape index (κ3) is 8.51. The Hall–Kier alpha value is -2.49. The van der Waals surface area contributed by atoms with E-state index >= 15 is 0 Å². The topological polar surface area (TPSA) is 36.0 Å². The third-order valence-corrected chi connectivity index (χ3v) is 6.92. The molecule has 0 N–H and O–H groups in total. The van der Waals surface area contributed by atoms with Crippen LogP contribution < -0.4 is 0 Å². The van der Waals surface area contributed by atoms with Crippen molar-refractivity contribution in [3.63, 3.8) is 0 Å². The lowest BCUT2D eigenvalue weighted by Gasteiger charge is -2.30. The summed E-state index contributed by atoms with van der Waals surface area (Å²) in [5.41, 5.74) is 2.95. The van der Waals surface area contributed by atoms with Gasteiger partial charge in [-0.25, -0.2) is 4.39 Å². The molecule has 0 saturated carbocycles. The summed E-state index contributed by atoms with van der Waals surface area (Å²) in [6.45, 7) is 3.44. The first-order chi connectivity index (χ1) is 17.7. The first-order valence-corrected chi connectivity index (χ1v) is 12.7. The Bertz CT molecular complexity index is 1020. The number of hydrogen-bond donors (Lipinski definition) is 0. The molecular formula is C28H37F4N3O2. The fourth-order valence-electron chi connectivity index (χ4n) is 4.77. The van der Waals surface area contributed by atoms with E-state index in [-0.39, 0.29) is 37.5 Å². The van der Waals surface area contributed by atoms with Gasteiger partial charge in [0.2, 0.25) is 5.91 Å². The molecule has 0 aromatic heterocycles. The maximum Gasteiger partial charge on any atom is 0.416 e. The van der Waals surface area contributed by atoms with Gasteiger partial charge < -0.3 is 14.5 Å². The Kier molecular flexibility index (Phi) is 10.9. The molecule has 9 heteroatoms. The maximum atomic E-state index is 13.6. The van der Waals surface area contributed by atoms with Crippen LogP contribution in [-0.2, 0) is 41.6 Å². The highest BCUT2D eigenvalue weighted by Crippen LogP contribution is 2.32. The van der Waals surface area contributed by atoms with Gasteiger partial charge >= 0.3 is 6.18 Å². The Morgan fingerprint density at radius 2 is 1.81 bits per heavy atom. The lowest BCUT2D eigenvalue weighted by molar-refractivity contribution is -0.140. The number of aryl methyl sites for hydroxylation is 1. The molecular weight excluding hydrogens is 486 g/mol. The van der Waals surface area contributed by atoms with Crippen molar-refractivity contribution in [3.05, 3.63) is 70.3 Å². The molecule has 37 heavy (non-hydrogen) atoms. The van der Waals surface area contributed by atoms with Crippen LogP contribution in [0, 0.1) is 0 Å². The van der Waals surface area contributed by atoms with Crippen LogP contribution >= 0.6 is 0 Å². The van der Waals surface area contributed by atoms with Crippen molar-refractivity contribution >= 4 is 5.91 Å². The first kappa shape index (κ1) is 29.1. The summed E-state index contributed by atoms with van der Waals surface area (Å²) in [5.74, 6) is -0.208. The molecule has 0 aliphatic carbocycles. The summed E-state index contributed by atoms with van der Waals surface area (Å²) in [4.78, 5) is 18.9. The van der Waals surface area contributed by atoms with Gasteiger partial charge in [0.15, 0.2) is 0 Å². The quantitative estimate of drug-likeness (QED) is 0.361. The molecule has 0 saturated heterocycles. The lowest BCUT2D eigenvalue weighted by atomic mass is 9.92. The molecule has 1 amide bonds. The molecule has 3 rings (SSSR count). The number of rotatable bonds is 13. The van der Waals surface area contributed by atoms with Gasteiger partial charge in [0.05, 0.1) is 12.2 Å². The Balaban J connectivity index is 1.72. The smallest absolute Gasteiger partial charge is 0.383 e. The van der Waals surface area contributed by atoms with Gasteiger partial charge in [0.1, 0.15) is 6.67 Å². The van der Waals surface area contributed by atoms with Crippen molar-refractivity contribution in [3.8, 4) is 0 Å². The van der Waals surface area contributed by atoms with E-state index in [1.165, 1.54) is 28.2 Å². The van der Waals surface area contributed by atoms with Crippen molar-refractivity contribution in [2.24, 2.45) is 0 Å². The van der Waals surface area contributed by atoms with Gasteiger partial charge in [-0.15, -0.1) is 0 Å². The number of benzene rings is 2. The van der Waals surface area contributed by atoms with Gasteiger partial charge in [-0.2, -0.15) is 13.2 Å². The predicted octanol–water partition coefficient (Wildman–Crippen LogP) is 4.57. The molecule has 5 nitrogen and oxygen atoms in total. The summed E-state index contributed by atoms with van der Waals surface area (Å²) < 4.78 is 58.7. The van der Waals surface area contributed by atoms with E-state index in [9.17, 15) is 22.4 Å². The molecule has 2 aromatic rings. The highest BCUT2D eigenvalue weighted by molar-refractivity contribution is 5.76. The summed E-state index contributed by atoms with van der Waals surface area (Å²) in [6, 6.07) is 11.5. The van der Waals surface area contributed by atoms with E-state index in [1.807, 2.05) is 12.1 Å². The lowest BCUT2D eigenvalue weighted by Crippen LogP contribution is -2.38. The standard InChI is InChI=1S/C28H37F4N3O2/c1-33(15-13-29)16-17-35(21-24-6-3-4-9-26(24)28(30,31)32)27(36)11-10-22-7-5-8-23-20-34(18-19-37-2)14-12-25(22)23/h3-9H,10-21H2,1-2H3. The molecule has 0 unspecified atom stereocenters. The molecule has 1 aliphatic heterocycles. The van der Waals surface area contributed by atoms with Crippen molar-refractivity contribution < 1.29 is 27.1 Å². The van der Waals surface area contributed by atoms with E-state index in [1.54, 1.807) is 25.1 Å². The number of nitrogens with zero attached hydrogens (tertiary/aromatic N) is 3. The fourth-order valence-corrected chi connectivity index (χ4v) is 4.77. The third-order valence-electron chi connectivity index (χ3n) is 6.92. The highest BCUT2D eigenvalue weighted by Gasteiger charge is 2.33. The number of methoxy groups -OCH3 is 1. The van der Waals surface area contributed by atoms with Gasteiger partial charge in [0, 0.05) is 59.3 Å². The van der Waals surface area contributed by atoms with E-state index in [2.05, 4.69) is 11.0 Å². The molecule has 0 fully saturated rings. The second-order valence-corrected chi connectivity index (χ2v) is 9.54. The van der Waals surface area contributed by atoms with Crippen molar-refractivity contribution in [2.45, 2.75) is 38.5 Å². The number of carbonyl (C=O) groups excluding carboxylic acids is 1. The van der Waals surface area contributed by atoms with Crippen LogP contribution in [0.15, 0.2) is 42.5 Å². The second kappa shape index (κ2) is 13.9. The number of likely N-dealkylation sites (N-methyl/N-ethyl adjacent to an activating group) is 1. The molecule has 1 aliphatic rings. The first-order valence-electron chi connectivity index (χ1n) is 12.7. The minimum atomic E-state index is -4.50. The van der Waals surface area contributed by atoms with Crippen LogP contribution in [0.4, 0.5) is 17.6 Å². The van der Waals surface area contributed by atoms with Crippen LogP contribution in [0.25, 0.3) is 0 Å². The van der Waals surface area contributed by atoms with E-state index in [0.717, 1.165) is 37.7 Å². The molecule has 0 atom stereocenters. The zero-order chi connectivity index (χ0) is 26.8. The number of fused-ring (bicyclic) bond motifs is 1. The largest absolute Gasteiger partial charge is 0.416 e. The maximum absolute atomic E-state index is 13.6. The minimum absolute atomic E-state index is 0.0599. The summed E-state index contributed by atoms with van der Waals surface area (Å²) in [5, 5.41) is 0. The van der Waals surface area contributed by atoms with Crippen molar-refractivity contribution in [2.75, 3.05) is 60.2 Å². The summed E-state index contributed by atoms with van der Waals surface area (Å²) in [7, 11) is 3.43. The van der Waals surface area contributed by atoms with E-state index in [4.69, 9.17) is 4.74 Å². The number of halogens is 4. The van der Waals surface area contributed by atoms with Crippen LogP contribution in [0.3, 0.4) is 0 Å². The van der Waals surface area contributed by atoms with Crippen molar-refractivity contribution in [1.29, 1.82) is 0 Å². The summed E-state index contributed by atoms with van der Waals surface area (Å²) in [6.07, 6.45) is -2.89. The van der Waals surface area contributed by atoms with Crippen LogP contribution in [0.1, 0.15) is 34.2 Å². The van der Waals surface area contributed by atoms with Gasteiger partial charge in [-0.3, -0.25) is 9.69 Å². The molecule has 204 valence electrons. The molecule has 2 aromatic carbocycles.